The monoisotopic (exact) mass is 522 g/mol. The molecule has 37 heavy (non-hydrogen) atoms. The molecule has 0 spiro atoms. The van der Waals surface area contributed by atoms with Crippen molar-refractivity contribution in [3.05, 3.63) is 86.9 Å². The topological polar surface area (TPSA) is 49.9 Å². The van der Waals surface area contributed by atoms with Crippen molar-refractivity contribution in [2.75, 3.05) is 26.2 Å². The zero-order chi connectivity index (χ0) is 26.5. The lowest BCUT2D eigenvalue weighted by Crippen LogP contribution is -2.48. The van der Waals surface area contributed by atoms with Gasteiger partial charge in [-0.3, -0.25) is 9.59 Å². The molecule has 3 aromatic rings. The Balaban J connectivity index is 1.55. The number of rotatable bonds is 9. The first kappa shape index (κ1) is 26.9. The lowest BCUT2D eigenvalue weighted by Gasteiger charge is -2.37. The number of amides is 2. The highest BCUT2D eigenvalue weighted by Gasteiger charge is 2.34. The van der Waals surface area contributed by atoms with Crippen molar-refractivity contribution in [1.82, 2.24) is 9.80 Å². The summed E-state index contributed by atoms with van der Waals surface area (Å²) in [5.74, 6) is 0.276. The van der Waals surface area contributed by atoms with E-state index in [1.807, 2.05) is 30.9 Å². The van der Waals surface area contributed by atoms with Crippen LogP contribution in [-0.2, 0) is 11.2 Å². The molecule has 2 amide bonds. The number of ether oxygens (including phenoxy) is 1. The van der Waals surface area contributed by atoms with E-state index in [1.165, 1.54) is 34.7 Å². The van der Waals surface area contributed by atoms with Crippen LogP contribution in [0.15, 0.2) is 53.9 Å². The van der Waals surface area contributed by atoms with Crippen LogP contribution in [0.1, 0.15) is 58.2 Å². The van der Waals surface area contributed by atoms with Crippen molar-refractivity contribution in [3.63, 3.8) is 0 Å². The average molecular weight is 523 g/mol. The van der Waals surface area contributed by atoms with Gasteiger partial charge < -0.3 is 14.5 Å². The Morgan fingerprint density at radius 3 is 2.62 bits per heavy atom. The zero-order valence-electron chi connectivity index (χ0n) is 22.0. The number of aryl methyl sites for hydroxylation is 2. The van der Waals surface area contributed by atoms with E-state index in [0.717, 1.165) is 29.7 Å². The highest BCUT2D eigenvalue weighted by atomic mass is 32.1. The number of benzene rings is 2. The minimum absolute atomic E-state index is 0.0277. The molecule has 0 aliphatic carbocycles. The summed E-state index contributed by atoms with van der Waals surface area (Å²) in [6, 6.07) is 13.4. The Hall–Kier alpha value is -3.19. The van der Waals surface area contributed by atoms with Crippen LogP contribution in [0.5, 0.6) is 5.75 Å². The van der Waals surface area contributed by atoms with Crippen LogP contribution in [0.2, 0.25) is 0 Å². The van der Waals surface area contributed by atoms with E-state index in [0.29, 0.717) is 25.3 Å². The molecule has 0 saturated carbocycles. The predicted molar refractivity (Wildman–Crippen MR) is 146 cm³/mol. The minimum Gasteiger partial charge on any atom is -0.491 e. The number of carbonyl (C=O) groups is 2. The molecule has 7 heteroatoms. The summed E-state index contributed by atoms with van der Waals surface area (Å²) in [5, 5.41) is 2.07. The lowest BCUT2D eigenvalue weighted by atomic mass is 10.00. The van der Waals surface area contributed by atoms with Crippen LogP contribution in [0.3, 0.4) is 0 Å². The van der Waals surface area contributed by atoms with Crippen molar-refractivity contribution >= 4 is 23.2 Å². The number of fused-ring (bicyclic) bond motifs is 1. The molecule has 0 N–H and O–H groups in total. The first-order valence-electron chi connectivity index (χ1n) is 12.9. The van der Waals surface area contributed by atoms with Gasteiger partial charge in [-0.15, -0.1) is 11.3 Å². The summed E-state index contributed by atoms with van der Waals surface area (Å²) in [6.07, 6.45) is 1.67. The number of hydrogen-bond acceptors (Lipinski definition) is 4. The Morgan fingerprint density at radius 1 is 1.16 bits per heavy atom. The number of halogens is 1. The van der Waals surface area contributed by atoms with E-state index in [1.54, 1.807) is 16.2 Å². The fraction of sp³-hybridized carbons (Fsp3) is 0.400. The van der Waals surface area contributed by atoms with E-state index in [-0.39, 0.29) is 30.3 Å². The molecule has 0 fully saturated rings. The molecular weight excluding hydrogens is 487 g/mol. The highest BCUT2D eigenvalue weighted by Crippen LogP contribution is 2.34. The molecule has 196 valence electrons. The molecule has 0 radical (unpaired) electrons. The minimum atomic E-state index is -0.396. The van der Waals surface area contributed by atoms with Crippen LogP contribution >= 0.6 is 11.3 Å². The molecule has 2 aromatic carbocycles. The number of hydrogen-bond donors (Lipinski definition) is 0. The standard InChI is InChI=1S/C30H35FN2O3S/c1-5-20(2)17-32(30(35)23-7-9-24(31)10-8-23)18-29(34)33-14-12-28-25(13-15-37-28)26(33)19-36-27-11-6-21(3)16-22(27)4/h6-11,13,15-16,20,26H,5,12,14,17-19H2,1-4H3/t20-,26+/m0/s1. The maximum Gasteiger partial charge on any atom is 0.254 e. The van der Waals surface area contributed by atoms with Gasteiger partial charge in [0.25, 0.3) is 5.91 Å². The quantitative estimate of drug-likeness (QED) is 0.336. The third kappa shape index (κ3) is 6.39. The van der Waals surface area contributed by atoms with E-state index < -0.39 is 5.82 Å². The smallest absolute Gasteiger partial charge is 0.254 e. The summed E-state index contributed by atoms with van der Waals surface area (Å²) in [7, 11) is 0. The summed E-state index contributed by atoms with van der Waals surface area (Å²) in [6.45, 7) is 9.56. The third-order valence-electron chi connectivity index (χ3n) is 7.08. The van der Waals surface area contributed by atoms with E-state index in [4.69, 9.17) is 4.74 Å². The predicted octanol–water partition coefficient (Wildman–Crippen LogP) is 6.20. The third-order valence-corrected chi connectivity index (χ3v) is 8.07. The first-order chi connectivity index (χ1) is 17.8. The fourth-order valence-corrected chi connectivity index (χ4v) is 5.69. The van der Waals surface area contributed by atoms with Gasteiger partial charge in [0.05, 0.1) is 6.04 Å². The average Bonchev–Trinajstić information content (AvgIpc) is 3.37. The van der Waals surface area contributed by atoms with Crippen LogP contribution in [0, 0.1) is 25.6 Å². The molecular formula is C30H35FN2O3S. The molecule has 2 heterocycles. The van der Waals surface area contributed by atoms with Gasteiger partial charge in [-0.25, -0.2) is 4.39 Å². The lowest BCUT2D eigenvalue weighted by molar-refractivity contribution is -0.135. The Morgan fingerprint density at radius 2 is 1.92 bits per heavy atom. The summed E-state index contributed by atoms with van der Waals surface area (Å²) in [4.78, 5) is 31.8. The zero-order valence-corrected chi connectivity index (χ0v) is 22.8. The molecule has 1 aliphatic heterocycles. The Kier molecular flexibility index (Phi) is 8.64. The molecule has 0 saturated heterocycles. The van der Waals surface area contributed by atoms with Crippen LogP contribution in [0.4, 0.5) is 4.39 Å². The number of carbonyl (C=O) groups excluding carboxylic acids is 2. The molecule has 5 nitrogen and oxygen atoms in total. The molecule has 0 unspecified atom stereocenters. The van der Waals surface area contributed by atoms with Crippen LogP contribution < -0.4 is 4.74 Å². The van der Waals surface area contributed by atoms with Gasteiger partial charge in [0, 0.05) is 23.5 Å². The van der Waals surface area contributed by atoms with E-state index in [2.05, 4.69) is 31.4 Å². The van der Waals surface area contributed by atoms with Crippen LogP contribution in [-0.4, -0.2) is 47.9 Å². The van der Waals surface area contributed by atoms with Gasteiger partial charge in [0.15, 0.2) is 0 Å². The van der Waals surface area contributed by atoms with Gasteiger partial charge in [-0.2, -0.15) is 0 Å². The largest absolute Gasteiger partial charge is 0.491 e. The van der Waals surface area contributed by atoms with Crippen molar-refractivity contribution in [2.24, 2.45) is 5.92 Å². The normalized spacial score (nSPS) is 15.7. The summed E-state index contributed by atoms with van der Waals surface area (Å²) < 4.78 is 19.7. The van der Waals surface area contributed by atoms with Gasteiger partial charge in [0.1, 0.15) is 24.7 Å². The van der Waals surface area contributed by atoms with E-state index in [9.17, 15) is 14.0 Å². The summed E-state index contributed by atoms with van der Waals surface area (Å²) >= 11 is 1.71. The molecule has 0 bridgehead atoms. The maximum absolute atomic E-state index is 13.8. The first-order valence-corrected chi connectivity index (χ1v) is 13.7. The molecule has 4 rings (SSSR count). The summed E-state index contributed by atoms with van der Waals surface area (Å²) in [5.41, 5.74) is 3.73. The number of thiophene rings is 1. The second kappa shape index (κ2) is 11.9. The second-order valence-corrected chi connectivity index (χ2v) is 10.9. The number of nitrogens with zero attached hydrogens (tertiary/aromatic N) is 2. The fourth-order valence-electron chi connectivity index (χ4n) is 4.76. The van der Waals surface area contributed by atoms with Gasteiger partial charge >= 0.3 is 0 Å². The van der Waals surface area contributed by atoms with Crippen LogP contribution in [0.25, 0.3) is 0 Å². The Labute approximate surface area is 222 Å². The molecule has 1 aromatic heterocycles. The van der Waals surface area contributed by atoms with Crippen molar-refractivity contribution in [2.45, 2.75) is 46.6 Å². The van der Waals surface area contributed by atoms with Crippen molar-refractivity contribution in [3.8, 4) is 5.75 Å². The SMILES string of the molecule is CC[C@H](C)CN(CC(=O)N1CCc2sccc2[C@H]1COc1ccc(C)cc1C)C(=O)c1ccc(F)cc1. The van der Waals surface area contributed by atoms with Crippen molar-refractivity contribution in [1.29, 1.82) is 0 Å². The van der Waals surface area contributed by atoms with Gasteiger partial charge in [-0.05, 0) is 79.1 Å². The van der Waals surface area contributed by atoms with Gasteiger partial charge in [-0.1, -0.05) is 38.0 Å². The highest BCUT2D eigenvalue weighted by molar-refractivity contribution is 7.10. The van der Waals surface area contributed by atoms with E-state index >= 15 is 0 Å². The molecule has 2 atom stereocenters. The molecule has 1 aliphatic rings. The maximum atomic E-state index is 13.8. The van der Waals surface area contributed by atoms with Gasteiger partial charge in [0.2, 0.25) is 5.91 Å². The van der Waals surface area contributed by atoms with Crippen molar-refractivity contribution < 1.29 is 18.7 Å². The second-order valence-electron chi connectivity index (χ2n) is 9.94. The Bertz CT molecular complexity index is 1240.